The van der Waals surface area contributed by atoms with E-state index in [0.29, 0.717) is 24.3 Å². The third-order valence-electron chi connectivity index (χ3n) is 2.62. The molecule has 0 aliphatic rings. The Labute approximate surface area is 124 Å². The van der Waals surface area contributed by atoms with Crippen LogP contribution >= 0.6 is 0 Å². The molecule has 8 heteroatoms. The van der Waals surface area contributed by atoms with Gasteiger partial charge in [-0.2, -0.15) is 0 Å². The fourth-order valence-corrected chi connectivity index (χ4v) is 2.52. The Morgan fingerprint density at radius 2 is 2.14 bits per heavy atom. The van der Waals surface area contributed by atoms with Gasteiger partial charge >= 0.3 is 0 Å². The molecule has 1 aromatic carbocycles. The first kappa shape index (κ1) is 17.4. The van der Waals surface area contributed by atoms with Crippen LogP contribution in [0.1, 0.15) is 11.1 Å². The van der Waals surface area contributed by atoms with Gasteiger partial charge in [0.25, 0.3) is 0 Å². The fourth-order valence-electron chi connectivity index (χ4n) is 1.67. The van der Waals surface area contributed by atoms with Crippen molar-refractivity contribution in [1.82, 2.24) is 5.32 Å². The number of ether oxygens (including phenoxy) is 1. The summed E-state index contributed by atoms with van der Waals surface area (Å²) in [6, 6.07) is 3.95. The Kier molecular flexibility index (Phi) is 6.57. The van der Waals surface area contributed by atoms with Crippen molar-refractivity contribution in [2.24, 2.45) is 10.7 Å². The average Bonchev–Trinajstić information content (AvgIpc) is 2.38. The second-order valence-electron chi connectivity index (χ2n) is 4.60. The number of nitrogens with one attached hydrogen (secondary N) is 1. The van der Waals surface area contributed by atoms with E-state index in [0.717, 1.165) is 6.26 Å². The third-order valence-corrected chi connectivity index (χ3v) is 3.45. The van der Waals surface area contributed by atoms with Crippen LogP contribution in [0.2, 0.25) is 0 Å². The minimum Gasteiger partial charge on any atom is -0.383 e. The van der Waals surface area contributed by atoms with Gasteiger partial charge in [-0.25, -0.2) is 17.8 Å². The van der Waals surface area contributed by atoms with Crippen LogP contribution in [0.4, 0.5) is 4.39 Å². The van der Waals surface area contributed by atoms with Gasteiger partial charge in [-0.05, 0) is 23.3 Å². The number of rotatable bonds is 7. The molecule has 1 rings (SSSR count). The second kappa shape index (κ2) is 7.94. The van der Waals surface area contributed by atoms with Crippen LogP contribution in [0.15, 0.2) is 23.2 Å². The van der Waals surface area contributed by atoms with Crippen LogP contribution < -0.4 is 11.1 Å². The fraction of sp³-hybridized carbons (Fsp3) is 0.462. The molecular formula is C13H20FN3O3S. The van der Waals surface area contributed by atoms with E-state index in [9.17, 15) is 12.8 Å². The van der Waals surface area contributed by atoms with Crippen molar-refractivity contribution in [3.8, 4) is 0 Å². The number of benzene rings is 1. The van der Waals surface area contributed by atoms with E-state index in [2.05, 4.69) is 10.3 Å². The quantitative estimate of drug-likeness (QED) is 0.432. The summed E-state index contributed by atoms with van der Waals surface area (Å²) >= 11 is 0. The number of hydrogen-bond donors (Lipinski definition) is 2. The van der Waals surface area contributed by atoms with E-state index in [-0.39, 0.29) is 18.3 Å². The van der Waals surface area contributed by atoms with Gasteiger partial charge in [0.15, 0.2) is 15.8 Å². The second-order valence-corrected chi connectivity index (χ2v) is 6.74. The van der Waals surface area contributed by atoms with Crippen molar-refractivity contribution in [3.05, 3.63) is 35.1 Å². The van der Waals surface area contributed by atoms with Crippen LogP contribution in [-0.4, -0.2) is 40.9 Å². The molecule has 0 saturated heterocycles. The van der Waals surface area contributed by atoms with Gasteiger partial charge in [0, 0.05) is 19.9 Å². The molecule has 0 spiro atoms. The monoisotopic (exact) mass is 317 g/mol. The molecule has 0 radical (unpaired) electrons. The zero-order valence-corrected chi connectivity index (χ0v) is 12.9. The van der Waals surface area contributed by atoms with E-state index in [1.807, 2.05) is 0 Å². The first-order chi connectivity index (χ1) is 9.81. The van der Waals surface area contributed by atoms with E-state index in [1.165, 1.54) is 18.2 Å². The molecule has 1 aromatic rings. The number of nitrogens with zero attached hydrogens (tertiary/aromatic N) is 1. The molecule has 21 heavy (non-hydrogen) atoms. The van der Waals surface area contributed by atoms with E-state index in [1.54, 1.807) is 7.11 Å². The Hall–Kier alpha value is -1.67. The Balaban J connectivity index is 2.81. The first-order valence-electron chi connectivity index (χ1n) is 6.29. The minimum atomic E-state index is -3.20. The lowest BCUT2D eigenvalue weighted by atomic mass is 10.1. The van der Waals surface area contributed by atoms with Gasteiger partial charge in [-0.3, -0.25) is 0 Å². The molecule has 0 fully saturated rings. The normalized spacial score (nSPS) is 12.4. The summed E-state index contributed by atoms with van der Waals surface area (Å²) in [7, 11) is -1.63. The number of guanidine groups is 1. The molecule has 0 atom stereocenters. The number of hydrogen-bond acceptors (Lipinski definition) is 4. The molecule has 6 nitrogen and oxygen atoms in total. The van der Waals surface area contributed by atoms with Crippen molar-refractivity contribution in [2.75, 3.05) is 26.5 Å². The SMILES string of the molecule is COCCNC(N)=NCc1cc(F)ccc1CS(C)(=O)=O. The lowest BCUT2D eigenvalue weighted by molar-refractivity contribution is 0.204. The third kappa shape index (κ3) is 7.05. The molecule has 0 aliphatic heterocycles. The standard InChI is InChI=1S/C13H20FN3O3S/c1-20-6-5-16-13(15)17-8-11-7-12(14)4-3-10(11)9-21(2,18)19/h3-4,7H,5-6,8-9H2,1-2H3,(H3,15,16,17). The predicted molar refractivity (Wildman–Crippen MR) is 80.2 cm³/mol. The summed E-state index contributed by atoms with van der Waals surface area (Å²) < 4.78 is 40.9. The molecule has 0 aliphatic carbocycles. The van der Waals surface area contributed by atoms with Gasteiger partial charge in [0.1, 0.15) is 5.82 Å². The van der Waals surface area contributed by atoms with Crippen molar-refractivity contribution in [2.45, 2.75) is 12.3 Å². The van der Waals surface area contributed by atoms with E-state index >= 15 is 0 Å². The van der Waals surface area contributed by atoms with Gasteiger partial charge in [0.2, 0.25) is 0 Å². The minimum absolute atomic E-state index is 0.106. The highest BCUT2D eigenvalue weighted by Crippen LogP contribution is 2.15. The van der Waals surface area contributed by atoms with Crippen molar-refractivity contribution >= 4 is 15.8 Å². The van der Waals surface area contributed by atoms with Crippen molar-refractivity contribution in [3.63, 3.8) is 0 Å². The maximum absolute atomic E-state index is 13.3. The molecule has 0 amide bonds. The zero-order chi connectivity index (χ0) is 15.9. The lowest BCUT2D eigenvalue weighted by Crippen LogP contribution is -2.34. The van der Waals surface area contributed by atoms with Crippen LogP contribution in [0.25, 0.3) is 0 Å². The maximum atomic E-state index is 13.3. The highest BCUT2D eigenvalue weighted by atomic mass is 32.2. The van der Waals surface area contributed by atoms with Crippen LogP contribution in [0, 0.1) is 5.82 Å². The summed E-state index contributed by atoms with van der Waals surface area (Å²) in [5.74, 6) is -0.403. The highest BCUT2D eigenvalue weighted by Gasteiger charge is 2.10. The summed E-state index contributed by atoms with van der Waals surface area (Å²) in [4.78, 5) is 4.06. The molecule has 0 unspecified atom stereocenters. The topological polar surface area (TPSA) is 93.8 Å². The first-order valence-corrected chi connectivity index (χ1v) is 8.35. The molecule has 118 valence electrons. The van der Waals surface area contributed by atoms with E-state index < -0.39 is 15.7 Å². The Morgan fingerprint density at radius 3 is 2.76 bits per heavy atom. The number of halogens is 1. The smallest absolute Gasteiger partial charge is 0.188 e. The molecular weight excluding hydrogens is 297 g/mol. The van der Waals surface area contributed by atoms with Gasteiger partial charge in [0.05, 0.1) is 18.9 Å². The maximum Gasteiger partial charge on any atom is 0.188 e. The van der Waals surface area contributed by atoms with Gasteiger partial charge < -0.3 is 15.8 Å². The number of methoxy groups -OCH3 is 1. The highest BCUT2D eigenvalue weighted by molar-refractivity contribution is 7.89. The molecule has 0 saturated carbocycles. The summed E-state index contributed by atoms with van der Waals surface area (Å²) in [5, 5.41) is 2.83. The zero-order valence-electron chi connectivity index (χ0n) is 12.1. The summed E-state index contributed by atoms with van der Waals surface area (Å²) in [5.41, 5.74) is 6.67. The Bertz CT molecular complexity index is 603. The predicted octanol–water partition coefficient (Wildman–Crippen LogP) is 0.421. The van der Waals surface area contributed by atoms with Crippen LogP contribution in [0.3, 0.4) is 0 Å². The van der Waals surface area contributed by atoms with Crippen molar-refractivity contribution in [1.29, 1.82) is 0 Å². The lowest BCUT2D eigenvalue weighted by Gasteiger charge is -2.08. The number of sulfone groups is 1. The average molecular weight is 317 g/mol. The Morgan fingerprint density at radius 1 is 1.43 bits per heavy atom. The largest absolute Gasteiger partial charge is 0.383 e. The molecule has 0 heterocycles. The summed E-state index contributed by atoms with van der Waals surface area (Å²) in [6.07, 6.45) is 1.13. The van der Waals surface area contributed by atoms with Crippen LogP contribution in [-0.2, 0) is 26.9 Å². The molecule has 3 N–H and O–H groups in total. The number of nitrogens with two attached hydrogens (primary N) is 1. The number of aliphatic imine (C=N–C) groups is 1. The van der Waals surface area contributed by atoms with E-state index in [4.69, 9.17) is 10.5 Å². The molecule has 0 bridgehead atoms. The van der Waals surface area contributed by atoms with Gasteiger partial charge in [-0.1, -0.05) is 6.07 Å². The van der Waals surface area contributed by atoms with Crippen molar-refractivity contribution < 1.29 is 17.5 Å². The molecule has 0 aromatic heterocycles. The van der Waals surface area contributed by atoms with Gasteiger partial charge in [-0.15, -0.1) is 0 Å². The summed E-state index contributed by atoms with van der Waals surface area (Å²) in [6.45, 7) is 1.09. The van der Waals surface area contributed by atoms with Crippen LogP contribution in [0.5, 0.6) is 0 Å².